The number of benzene rings is 5. The van der Waals surface area contributed by atoms with Crippen LogP contribution in [-0.2, 0) is 12.8 Å². The summed E-state index contributed by atoms with van der Waals surface area (Å²) < 4.78 is 3.37. The van der Waals surface area contributed by atoms with Gasteiger partial charge in [0.05, 0.1) is 32.3 Å². The van der Waals surface area contributed by atoms with Gasteiger partial charge in [0.15, 0.2) is 0 Å². The average molecular weight is 1140 g/mol. The second-order valence-corrected chi connectivity index (χ2v) is 47.5. The van der Waals surface area contributed by atoms with Gasteiger partial charge in [0.25, 0.3) is 0 Å². The standard InChI is InChI=1S/C70H111NP2Si4/c1-13-43-74(44-14-2,45-15-3)67-37-27-33-63(56-67)72(64-34-28-38-68(57-64)75(46-16-4,47-17-5)48-18-6)71(62-42-41-60-31-25-26-32-61(60)55-62)73(65-35-29-39-69(58-65)76(49-19-7,50-20-8)51-21-9)66-36-30-40-70(59-66)77(52-22-10,53-23-11)54-24-12/h25-40,56-59,62H,13-24,41-55H2,1-12H3. The van der Waals surface area contributed by atoms with Crippen LogP contribution in [0.25, 0.3) is 0 Å². The van der Waals surface area contributed by atoms with Crippen molar-refractivity contribution in [3.05, 3.63) is 132 Å². The monoisotopic (exact) mass is 1140 g/mol. The lowest BCUT2D eigenvalue weighted by Gasteiger charge is -2.46. The fourth-order valence-corrected chi connectivity index (χ4v) is 44.5. The predicted octanol–water partition coefficient (Wildman–Crippen LogP) is 18.5. The summed E-state index contributed by atoms with van der Waals surface area (Å²) in [7, 11) is -9.13. The fourth-order valence-electron chi connectivity index (χ4n) is 15.9. The van der Waals surface area contributed by atoms with Gasteiger partial charge in [-0.25, -0.2) is 4.44 Å². The van der Waals surface area contributed by atoms with Crippen molar-refractivity contribution in [2.45, 2.75) is 258 Å². The molecule has 0 radical (unpaired) electrons. The van der Waals surface area contributed by atoms with Crippen molar-refractivity contribution in [1.82, 2.24) is 4.44 Å². The van der Waals surface area contributed by atoms with Gasteiger partial charge in [-0.1, -0.05) is 375 Å². The quantitative estimate of drug-likeness (QED) is 0.0289. The molecule has 0 saturated heterocycles. The van der Waals surface area contributed by atoms with Gasteiger partial charge in [-0.2, -0.15) is 0 Å². The summed E-state index contributed by atoms with van der Waals surface area (Å²) in [5.74, 6) is 0. The third-order valence-electron chi connectivity index (χ3n) is 18.6. The molecule has 5 aromatic carbocycles. The molecule has 1 unspecified atom stereocenters. The van der Waals surface area contributed by atoms with E-state index in [1.54, 1.807) is 53.1 Å². The van der Waals surface area contributed by atoms with Gasteiger partial charge in [0.2, 0.25) is 0 Å². The Hall–Kier alpha value is -2.21. The van der Waals surface area contributed by atoms with Crippen LogP contribution in [0.3, 0.4) is 0 Å². The molecule has 1 nitrogen and oxygen atoms in total. The van der Waals surface area contributed by atoms with Crippen molar-refractivity contribution in [2.24, 2.45) is 0 Å². The van der Waals surface area contributed by atoms with Gasteiger partial charge in [0, 0.05) is 22.2 Å². The SMILES string of the molecule is CCC[Si](CCC)(CCC)c1cccc(P(c2cccc([Si](CCC)(CCC)CCC)c2)N(C2CCc3ccccc3C2)P(c2cccc([Si](CCC)(CCC)CCC)c2)c2cccc([Si](CCC)(CCC)CCC)c2)c1. The summed E-state index contributed by atoms with van der Waals surface area (Å²) >= 11 is 0. The molecule has 0 spiro atoms. The largest absolute Gasteiger partial charge is 0.241 e. The van der Waals surface area contributed by atoms with Gasteiger partial charge >= 0.3 is 0 Å². The van der Waals surface area contributed by atoms with E-state index in [0.717, 1.165) is 12.8 Å². The minimum atomic E-state index is -1.79. The first-order valence-corrected chi connectivity index (χ1v) is 45.5. The Morgan fingerprint density at radius 3 is 0.818 bits per heavy atom. The second kappa shape index (κ2) is 31.9. The fraction of sp³-hybridized carbons (Fsp3) is 0.571. The molecular weight excluding hydrogens is 1030 g/mol. The smallest absolute Gasteiger partial charge is 0.0867 e. The van der Waals surface area contributed by atoms with E-state index in [1.165, 1.54) is 156 Å². The van der Waals surface area contributed by atoms with Gasteiger partial charge in [-0.05, 0) is 51.6 Å². The Kier molecular flexibility index (Phi) is 26.5. The van der Waals surface area contributed by atoms with Gasteiger partial charge in [-0.15, -0.1) is 0 Å². The zero-order valence-electron chi connectivity index (χ0n) is 51.6. The lowest BCUT2D eigenvalue weighted by Crippen LogP contribution is -2.50. The molecule has 1 aliphatic carbocycles. The molecule has 0 fully saturated rings. The van der Waals surface area contributed by atoms with E-state index >= 15 is 0 Å². The maximum absolute atomic E-state index is 3.37. The lowest BCUT2D eigenvalue weighted by molar-refractivity contribution is 0.440. The van der Waals surface area contributed by atoms with Crippen LogP contribution in [0.2, 0.25) is 72.5 Å². The molecular formula is C70H111NP2Si4. The van der Waals surface area contributed by atoms with E-state index in [9.17, 15) is 0 Å². The first-order chi connectivity index (χ1) is 37.5. The minimum absolute atomic E-state index is 0.405. The number of hydrogen-bond donors (Lipinski definition) is 0. The van der Waals surface area contributed by atoms with Gasteiger partial charge in [-0.3, -0.25) is 0 Å². The predicted molar refractivity (Wildman–Crippen MR) is 365 cm³/mol. The van der Waals surface area contributed by atoms with Crippen molar-refractivity contribution in [3.63, 3.8) is 0 Å². The number of aryl methyl sites for hydroxylation is 1. The van der Waals surface area contributed by atoms with Crippen LogP contribution < -0.4 is 42.0 Å². The molecule has 0 bridgehead atoms. The highest BCUT2D eigenvalue weighted by atomic mass is 31.2. The molecule has 0 heterocycles. The minimum Gasteiger partial charge on any atom is -0.241 e. The molecule has 0 saturated carbocycles. The highest BCUT2D eigenvalue weighted by molar-refractivity contribution is 7.84. The van der Waals surface area contributed by atoms with E-state index in [2.05, 4.69) is 209 Å². The van der Waals surface area contributed by atoms with Gasteiger partial charge in [0.1, 0.15) is 0 Å². The molecule has 0 N–H and O–H groups in total. The highest BCUT2D eigenvalue weighted by Gasteiger charge is 2.43. The number of rotatable bonds is 35. The summed E-state index contributed by atoms with van der Waals surface area (Å²) in [6.07, 6.45) is 18.9. The van der Waals surface area contributed by atoms with Crippen LogP contribution in [-0.4, -0.2) is 42.8 Å². The summed E-state index contributed by atoms with van der Waals surface area (Å²) in [5, 5.41) is 13.5. The van der Waals surface area contributed by atoms with E-state index in [0.29, 0.717) is 6.04 Å². The van der Waals surface area contributed by atoms with Gasteiger partial charge < -0.3 is 0 Å². The van der Waals surface area contributed by atoms with E-state index in [4.69, 9.17) is 0 Å². The van der Waals surface area contributed by atoms with Crippen LogP contribution in [0.4, 0.5) is 0 Å². The molecule has 0 aliphatic heterocycles. The Labute approximate surface area is 482 Å². The Morgan fingerprint density at radius 1 is 0.325 bits per heavy atom. The van der Waals surface area contributed by atoms with Crippen molar-refractivity contribution >= 4 is 90.4 Å². The summed E-state index contributed by atoms with van der Waals surface area (Å²) in [5.41, 5.74) is 3.17. The molecule has 7 heteroatoms. The Morgan fingerprint density at radius 2 is 0.571 bits per heavy atom. The Balaban J connectivity index is 1.82. The first-order valence-electron chi connectivity index (χ1n) is 32.4. The van der Waals surface area contributed by atoms with Crippen LogP contribution in [0, 0.1) is 0 Å². The molecule has 422 valence electrons. The van der Waals surface area contributed by atoms with E-state index in [1.807, 2.05) is 0 Å². The molecule has 0 amide bonds. The number of fused-ring (bicyclic) bond motifs is 1. The number of hydrogen-bond acceptors (Lipinski definition) is 1. The van der Waals surface area contributed by atoms with Crippen molar-refractivity contribution in [2.75, 3.05) is 0 Å². The van der Waals surface area contributed by atoms with Crippen molar-refractivity contribution in [3.8, 4) is 0 Å². The zero-order chi connectivity index (χ0) is 55.3. The Bertz CT molecular complexity index is 2160. The highest BCUT2D eigenvalue weighted by Crippen LogP contribution is 2.58. The maximum atomic E-state index is 3.37. The van der Waals surface area contributed by atoms with Crippen molar-refractivity contribution < 1.29 is 0 Å². The summed E-state index contributed by atoms with van der Waals surface area (Å²) in [4.78, 5) is 0. The van der Waals surface area contributed by atoms with Crippen LogP contribution >= 0.6 is 16.1 Å². The maximum Gasteiger partial charge on any atom is 0.0867 e. The molecule has 1 atom stereocenters. The third-order valence-corrected chi connectivity index (χ3v) is 47.9. The lowest BCUT2D eigenvalue weighted by atomic mass is 9.89. The van der Waals surface area contributed by atoms with Crippen LogP contribution in [0.1, 0.15) is 178 Å². The number of nitrogens with zero attached hydrogens (tertiary/aromatic N) is 1. The molecule has 5 aromatic rings. The van der Waals surface area contributed by atoms with E-state index in [-0.39, 0.29) is 0 Å². The summed E-state index contributed by atoms with van der Waals surface area (Å²) in [6.45, 7) is 29.7. The normalized spacial score (nSPS) is 14.5. The zero-order valence-corrected chi connectivity index (χ0v) is 57.3. The van der Waals surface area contributed by atoms with Crippen LogP contribution in [0.5, 0.6) is 0 Å². The summed E-state index contributed by atoms with van der Waals surface area (Å²) in [6, 6.07) is 69.9. The molecule has 1 aliphatic rings. The topological polar surface area (TPSA) is 3.24 Å². The van der Waals surface area contributed by atoms with Crippen molar-refractivity contribution in [1.29, 1.82) is 0 Å². The van der Waals surface area contributed by atoms with E-state index < -0.39 is 48.4 Å². The average Bonchev–Trinajstić information content (AvgIpc) is 3.44. The molecule has 6 rings (SSSR count). The second-order valence-electron chi connectivity index (χ2n) is 24.4. The van der Waals surface area contributed by atoms with Crippen LogP contribution in [0.15, 0.2) is 121 Å². The first kappa shape index (κ1) is 64.0. The molecule has 0 aromatic heterocycles. The molecule has 77 heavy (non-hydrogen) atoms. The third kappa shape index (κ3) is 15.3.